The van der Waals surface area contributed by atoms with Crippen molar-refractivity contribution in [3.63, 3.8) is 0 Å². The molecule has 1 fully saturated rings. The highest BCUT2D eigenvalue weighted by molar-refractivity contribution is 5.97. The molecule has 2 aromatic carbocycles. The summed E-state index contributed by atoms with van der Waals surface area (Å²) in [7, 11) is 0. The summed E-state index contributed by atoms with van der Waals surface area (Å²) < 4.78 is 46.3. The van der Waals surface area contributed by atoms with Crippen molar-refractivity contribution in [1.29, 1.82) is 0 Å². The van der Waals surface area contributed by atoms with Crippen LogP contribution in [0.3, 0.4) is 0 Å². The van der Waals surface area contributed by atoms with Crippen molar-refractivity contribution < 1.29 is 27.2 Å². The molecular weight excluding hydrogens is 423 g/mol. The van der Waals surface area contributed by atoms with Crippen molar-refractivity contribution >= 4 is 11.6 Å². The Bertz CT molecular complexity index is 1140. The van der Waals surface area contributed by atoms with E-state index in [-0.39, 0.29) is 29.8 Å². The number of anilines is 1. The number of alkyl halides is 3. The first kappa shape index (κ1) is 20.5. The van der Waals surface area contributed by atoms with E-state index in [1.165, 1.54) is 41.8 Å². The number of hydrogen-bond acceptors (Lipinski definition) is 5. The number of hydrogen-bond donors (Lipinski definition) is 0. The minimum Gasteiger partial charge on any atom is -0.406 e. The van der Waals surface area contributed by atoms with E-state index in [9.17, 15) is 18.0 Å². The molecule has 0 radical (unpaired) electrons. The highest BCUT2D eigenvalue weighted by Crippen LogP contribution is 2.37. The van der Waals surface area contributed by atoms with Crippen LogP contribution in [0.1, 0.15) is 42.2 Å². The van der Waals surface area contributed by atoms with Gasteiger partial charge in [0.2, 0.25) is 17.6 Å². The van der Waals surface area contributed by atoms with Crippen LogP contribution >= 0.6 is 0 Å². The number of benzene rings is 2. The maximum absolute atomic E-state index is 12.8. The molecule has 1 amide bonds. The average molecular weight is 443 g/mol. The van der Waals surface area contributed by atoms with Crippen LogP contribution in [0, 0.1) is 0 Å². The van der Waals surface area contributed by atoms with Gasteiger partial charge in [0.1, 0.15) is 5.75 Å². The Morgan fingerprint density at radius 1 is 1.06 bits per heavy atom. The molecule has 1 saturated heterocycles. The first-order valence-corrected chi connectivity index (χ1v) is 10.5. The third-order valence-electron chi connectivity index (χ3n) is 5.92. The number of amides is 1. The predicted molar refractivity (Wildman–Crippen MR) is 109 cm³/mol. The third-order valence-corrected chi connectivity index (χ3v) is 5.92. The van der Waals surface area contributed by atoms with Crippen molar-refractivity contribution in [2.24, 2.45) is 0 Å². The van der Waals surface area contributed by atoms with Crippen LogP contribution in [0.25, 0.3) is 11.4 Å². The number of carbonyl (C=O) groups excluding carboxylic acids is 1. The number of rotatable bonds is 4. The second-order valence-electron chi connectivity index (χ2n) is 8.06. The lowest BCUT2D eigenvalue weighted by Gasteiger charge is -2.25. The van der Waals surface area contributed by atoms with Crippen LogP contribution < -0.4 is 9.64 Å². The van der Waals surface area contributed by atoms with Crippen LogP contribution in [-0.2, 0) is 17.6 Å². The van der Waals surface area contributed by atoms with Gasteiger partial charge in [-0.15, -0.1) is 13.2 Å². The fourth-order valence-corrected chi connectivity index (χ4v) is 4.44. The van der Waals surface area contributed by atoms with Crippen LogP contribution in [-0.4, -0.2) is 29.0 Å². The Hall–Kier alpha value is -3.36. The molecule has 9 heteroatoms. The number of fused-ring (bicyclic) bond motifs is 1. The summed E-state index contributed by atoms with van der Waals surface area (Å²) in [4.78, 5) is 19.0. The summed E-state index contributed by atoms with van der Waals surface area (Å²) in [6, 6.07) is 11.4. The largest absolute Gasteiger partial charge is 0.573 e. The molecule has 1 atom stereocenters. The lowest BCUT2D eigenvalue weighted by Crippen LogP contribution is -2.26. The van der Waals surface area contributed by atoms with Gasteiger partial charge in [-0.25, -0.2) is 0 Å². The summed E-state index contributed by atoms with van der Waals surface area (Å²) in [5, 5.41) is 3.95. The second kappa shape index (κ2) is 7.96. The number of halogens is 3. The van der Waals surface area contributed by atoms with Crippen molar-refractivity contribution in [3.05, 3.63) is 59.5 Å². The quantitative estimate of drug-likeness (QED) is 0.566. The Labute approximate surface area is 182 Å². The molecule has 5 rings (SSSR count). The zero-order valence-corrected chi connectivity index (χ0v) is 17.1. The van der Waals surface area contributed by atoms with E-state index in [1.807, 2.05) is 17.0 Å². The number of ether oxygens (including phenoxy) is 1. The third kappa shape index (κ3) is 4.06. The van der Waals surface area contributed by atoms with Crippen molar-refractivity contribution in [3.8, 4) is 17.1 Å². The molecule has 32 heavy (non-hydrogen) atoms. The molecule has 1 aromatic heterocycles. The molecule has 3 aromatic rings. The highest BCUT2D eigenvalue weighted by atomic mass is 19.4. The number of carbonyl (C=O) groups is 1. The smallest absolute Gasteiger partial charge is 0.406 e. The molecular formula is C23H20F3N3O3. The van der Waals surface area contributed by atoms with E-state index >= 15 is 0 Å². The van der Waals surface area contributed by atoms with Gasteiger partial charge < -0.3 is 14.2 Å². The summed E-state index contributed by atoms with van der Waals surface area (Å²) in [6.07, 6.45) is -0.188. The highest BCUT2D eigenvalue weighted by Gasteiger charge is 2.36. The normalized spacial score (nSPS) is 18.7. The van der Waals surface area contributed by atoms with Crippen LogP contribution in [0.5, 0.6) is 5.75 Å². The Morgan fingerprint density at radius 3 is 2.62 bits per heavy atom. The molecule has 0 spiro atoms. The standard InChI is InChI=1S/C23H20F3N3O3/c24-23(25,26)31-17-10-8-15(9-11-17)21-27-22(32-28-21)16-12-20(30)29(13-16)19-7-3-5-14-4-1-2-6-18(14)19/h3,5,7-11,16H,1-2,4,6,12-13H2. The fourth-order valence-electron chi connectivity index (χ4n) is 4.44. The van der Waals surface area contributed by atoms with Gasteiger partial charge in [-0.3, -0.25) is 4.79 Å². The minimum absolute atomic E-state index is 0.0161. The van der Waals surface area contributed by atoms with E-state index in [2.05, 4.69) is 20.9 Å². The number of aromatic nitrogens is 2. The van der Waals surface area contributed by atoms with E-state index in [0.717, 1.165) is 24.9 Å². The van der Waals surface area contributed by atoms with E-state index in [0.29, 0.717) is 18.0 Å². The van der Waals surface area contributed by atoms with Crippen molar-refractivity contribution in [2.45, 2.75) is 44.4 Å². The van der Waals surface area contributed by atoms with Gasteiger partial charge in [-0.1, -0.05) is 17.3 Å². The summed E-state index contributed by atoms with van der Waals surface area (Å²) in [5.41, 5.74) is 4.02. The van der Waals surface area contributed by atoms with Crippen LogP contribution in [0.2, 0.25) is 0 Å². The number of nitrogens with zero attached hydrogens (tertiary/aromatic N) is 3. The van der Waals surface area contributed by atoms with Gasteiger partial charge in [0.15, 0.2) is 0 Å². The van der Waals surface area contributed by atoms with Gasteiger partial charge in [-0.05, 0) is 67.1 Å². The molecule has 0 bridgehead atoms. The van der Waals surface area contributed by atoms with Crippen LogP contribution in [0.4, 0.5) is 18.9 Å². The lowest BCUT2D eigenvalue weighted by molar-refractivity contribution is -0.274. The first-order chi connectivity index (χ1) is 15.4. The van der Waals surface area contributed by atoms with Crippen molar-refractivity contribution in [2.75, 3.05) is 11.4 Å². The Morgan fingerprint density at radius 2 is 1.84 bits per heavy atom. The molecule has 1 aliphatic carbocycles. The molecule has 0 N–H and O–H groups in total. The zero-order chi connectivity index (χ0) is 22.3. The van der Waals surface area contributed by atoms with E-state index < -0.39 is 6.36 Å². The molecule has 1 aliphatic heterocycles. The van der Waals surface area contributed by atoms with Gasteiger partial charge in [0, 0.05) is 24.2 Å². The summed E-state index contributed by atoms with van der Waals surface area (Å²) in [6.45, 7) is 0.454. The second-order valence-corrected chi connectivity index (χ2v) is 8.06. The first-order valence-electron chi connectivity index (χ1n) is 10.5. The molecule has 1 unspecified atom stereocenters. The van der Waals surface area contributed by atoms with Crippen LogP contribution in [0.15, 0.2) is 47.0 Å². The fraction of sp³-hybridized carbons (Fsp3) is 0.348. The SMILES string of the molecule is O=C1CC(c2nc(-c3ccc(OC(F)(F)F)cc3)no2)CN1c1cccc2c1CCCC2. The maximum Gasteiger partial charge on any atom is 0.573 e. The van der Waals surface area contributed by atoms with E-state index in [1.54, 1.807) is 0 Å². The molecule has 166 valence electrons. The van der Waals surface area contributed by atoms with Crippen molar-refractivity contribution in [1.82, 2.24) is 10.1 Å². The summed E-state index contributed by atoms with van der Waals surface area (Å²) >= 11 is 0. The predicted octanol–water partition coefficient (Wildman–Crippen LogP) is 5.03. The molecule has 0 saturated carbocycles. The maximum atomic E-state index is 12.8. The topological polar surface area (TPSA) is 68.5 Å². The lowest BCUT2D eigenvalue weighted by atomic mass is 9.90. The van der Waals surface area contributed by atoms with Gasteiger partial charge >= 0.3 is 6.36 Å². The molecule has 2 aliphatic rings. The van der Waals surface area contributed by atoms with Gasteiger partial charge in [0.25, 0.3) is 0 Å². The molecule has 6 nitrogen and oxygen atoms in total. The minimum atomic E-state index is -4.75. The monoisotopic (exact) mass is 443 g/mol. The van der Waals surface area contributed by atoms with Gasteiger partial charge in [-0.2, -0.15) is 4.98 Å². The molecule has 2 heterocycles. The Kier molecular flexibility index (Phi) is 5.11. The zero-order valence-electron chi connectivity index (χ0n) is 17.1. The van der Waals surface area contributed by atoms with Gasteiger partial charge in [0.05, 0.1) is 5.92 Å². The average Bonchev–Trinajstić information content (AvgIpc) is 3.40. The van der Waals surface area contributed by atoms with E-state index in [4.69, 9.17) is 4.52 Å². The summed E-state index contributed by atoms with van der Waals surface area (Å²) in [5.74, 6) is 0.0458. The number of aryl methyl sites for hydroxylation is 1. The Balaban J connectivity index is 1.33.